The summed E-state index contributed by atoms with van der Waals surface area (Å²) in [6, 6.07) is 13.4. The fourth-order valence-electron chi connectivity index (χ4n) is 2.71. The molecule has 0 aliphatic heterocycles. The van der Waals surface area contributed by atoms with Crippen molar-refractivity contribution in [1.29, 1.82) is 0 Å². The zero-order chi connectivity index (χ0) is 15.1. The smallest absolute Gasteiger partial charge is 0.213 e. The Kier molecular flexibility index (Phi) is 10.2. The van der Waals surface area contributed by atoms with Crippen molar-refractivity contribution >= 4 is 28.0 Å². The molecular weight excluding hydrogens is 331 g/mol. The minimum absolute atomic E-state index is 0. The standard InChI is InChI=1S/2C9H15Si.Ni/c2*1-4-8-6-5-7-9(8)10(2)3;/h2*5-7,10H,4H2,1-3H3;/q2*-1;+2. The van der Waals surface area contributed by atoms with Gasteiger partial charge in [0.15, 0.2) is 0 Å². The second-order valence-electron chi connectivity index (χ2n) is 6.03. The first-order chi connectivity index (χ1) is 9.51. The topological polar surface area (TPSA) is 0 Å². The molecule has 0 aliphatic rings. The van der Waals surface area contributed by atoms with Crippen LogP contribution in [-0.2, 0) is 29.3 Å². The van der Waals surface area contributed by atoms with Gasteiger partial charge in [-0.1, -0.05) is 52.9 Å². The summed E-state index contributed by atoms with van der Waals surface area (Å²) in [6.07, 6.45) is 2.40. The van der Waals surface area contributed by atoms with Crippen molar-refractivity contribution in [3.05, 3.63) is 47.5 Å². The summed E-state index contributed by atoms with van der Waals surface area (Å²) in [4.78, 5) is 0. The van der Waals surface area contributed by atoms with E-state index in [2.05, 4.69) is 76.4 Å². The zero-order valence-corrected chi connectivity index (χ0v) is 17.6. The molecular formula is C18H30NiSi2. The van der Waals surface area contributed by atoms with E-state index in [1.807, 2.05) is 0 Å². The molecule has 0 aliphatic carbocycles. The summed E-state index contributed by atoms with van der Waals surface area (Å²) in [7, 11) is -1.07. The van der Waals surface area contributed by atoms with Crippen molar-refractivity contribution in [3.8, 4) is 0 Å². The molecule has 0 spiro atoms. The molecule has 0 fully saturated rings. The van der Waals surface area contributed by atoms with Gasteiger partial charge in [0.05, 0.1) is 0 Å². The molecule has 0 bridgehead atoms. The molecule has 0 N–H and O–H groups in total. The number of hydrogen-bond acceptors (Lipinski definition) is 0. The molecule has 0 nitrogen and oxygen atoms in total. The van der Waals surface area contributed by atoms with Gasteiger partial charge in [-0.25, -0.2) is 24.3 Å². The van der Waals surface area contributed by atoms with Crippen molar-refractivity contribution in [3.63, 3.8) is 0 Å². The van der Waals surface area contributed by atoms with Crippen molar-refractivity contribution in [2.75, 3.05) is 0 Å². The Hall–Kier alpha value is -0.373. The molecule has 0 heterocycles. The van der Waals surface area contributed by atoms with Gasteiger partial charge in [0.1, 0.15) is 0 Å². The van der Waals surface area contributed by atoms with E-state index in [1.54, 1.807) is 21.5 Å². The largest absolute Gasteiger partial charge is 2.00 e. The van der Waals surface area contributed by atoms with Gasteiger partial charge in [0.25, 0.3) is 0 Å². The first-order valence-corrected chi connectivity index (χ1v) is 13.8. The molecule has 2 rings (SSSR count). The summed E-state index contributed by atoms with van der Waals surface area (Å²) in [5, 5.41) is 3.31. The number of hydrogen-bond donors (Lipinski definition) is 0. The first kappa shape index (κ1) is 20.6. The summed E-state index contributed by atoms with van der Waals surface area (Å²) >= 11 is 0. The van der Waals surface area contributed by atoms with Crippen LogP contribution in [0.15, 0.2) is 36.4 Å². The summed E-state index contributed by atoms with van der Waals surface area (Å²) in [5.74, 6) is 0. The Morgan fingerprint density at radius 1 is 0.762 bits per heavy atom. The molecule has 21 heavy (non-hydrogen) atoms. The van der Waals surface area contributed by atoms with E-state index in [1.165, 1.54) is 12.8 Å². The summed E-state index contributed by atoms with van der Waals surface area (Å²) in [5.41, 5.74) is 3.14. The maximum atomic E-state index is 2.38. The fraction of sp³-hybridized carbons (Fsp3) is 0.444. The van der Waals surface area contributed by atoms with E-state index in [4.69, 9.17) is 0 Å². The molecule has 0 aromatic heterocycles. The van der Waals surface area contributed by atoms with Gasteiger partial charge in [-0.05, 0) is 0 Å². The Labute approximate surface area is 144 Å². The van der Waals surface area contributed by atoms with Gasteiger partial charge >= 0.3 is 16.5 Å². The van der Waals surface area contributed by atoms with Crippen LogP contribution in [0.3, 0.4) is 0 Å². The number of rotatable bonds is 4. The molecule has 120 valence electrons. The van der Waals surface area contributed by atoms with Crippen LogP contribution in [0.25, 0.3) is 0 Å². The van der Waals surface area contributed by atoms with Crippen molar-refractivity contribution in [2.24, 2.45) is 0 Å². The van der Waals surface area contributed by atoms with Crippen molar-refractivity contribution in [1.82, 2.24) is 0 Å². The van der Waals surface area contributed by atoms with Crippen LogP contribution in [0.2, 0.25) is 26.2 Å². The zero-order valence-electron chi connectivity index (χ0n) is 14.3. The average molecular weight is 361 g/mol. The molecule has 2 aromatic carbocycles. The third-order valence-corrected chi connectivity index (χ3v) is 7.51. The Morgan fingerprint density at radius 3 is 1.29 bits per heavy atom. The SMILES string of the molecule is CCc1ccc[c-]1[SiH](C)C.CCc1ccc[c-]1[SiH](C)C.[Ni+2]. The normalized spacial score (nSPS) is 10.3. The minimum Gasteiger partial charge on any atom is -0.213 e. The third-order valence-electron chi connectivity index (χ3n) is 3.89. The second-order valence-corrected chi connectivity index (χ2v) is 11.9. The summed E-state index contributed by atoms with van der Waals surface area (Å²) < 4.78 is 0. The molecule has 0 saturated heterocycles. The molecule has 0 unspecified atom stereocenters. The van der Waals surface area contributed by atoms with Crippen molar-refractivity contribution in [2.45, 2.75) is 52.9 Å². The Balaban J connectivity index is 0.000000364. The van der Waals surface area contributed by atoms with E-state index in [-0.39, 0.29) is 16.5 Å². The van der Waals surface area contributed by atoms with Crippen LogP contribution < -0.4 is 10.4 Å². The molecule has 0 atom stereocenters. The van der Waals surface area contributed by atoms with E-state index in [9.17, 15) is 0 Å². The molecule has 0 saturated carbocycles. The van der Waals surface area contributed by atoms with E-state index >= 15 is 0 Å². The van der Waals surface area contributed by atoms with E-state index in [0.717, 1.165) is 0 Å². The van der Waals surface area contributed by atoms with Gasteiger partial charge in [-0.3, -0.25) is 0 Å². The van der Waals surface area contributed by atoms with Crippen LogP contribution in [0, 0.1) is 0 Å². The fourth-order valence-corrected chi connectivity index (χ4v) is 5.79. The van der Waals surface area contributed by atoms with E-state index in [0.29, 0.717) is 0 Å². The average Bonchev–Trinajstić information content (AvgIpc) is 3.07. The van der Waals surface area contributed by atoms with Crippen LogP contribution in [0.5, 0.6) is 0 Å². The Morgan fingerprint density at radius 2 is 1.10 bits per heavy atom. The van der Waals surface area contributed by atoms with Crippen LogP contribution in [-0.4, -0.2) is 17.6 Å². The predicted molar refractivity (Wildman–Crippen MR) is 99.8 cm³/mol. The quantitative estimate of drug-likeness (QED) is 0.579. The van der Waals surface area contributed by atoms with Gasteiger partial charge in [0, 0.05) is 17.6 Å². The van der Waals surface area contributed by atoms with E-state index < -0.39 is 17.6 Å². The second kappa shape index (κ2) is 10.4. The predicted octanol–water partition coefficient (Wildman–Crippen LogP) is 3.32. The van der Waals surface area contributed by atoms with Crippen LogP contribution in [0.1, 0.15) is 25.0 Å². The monoisotopic (exact) mass is 360 g/mol. The van der Waals surface area contributed by atoms with Gasteiger partial charge < -0.3 is 0 Å². The third kappa shape index (κ3) is 6.10. The molecule has 0 radical (unpaired) electrons. The first-order valence-electron chi connectivity index (χ1n) is 8.00. The number of aryl methyl sites for hydroxylation is 2. The van der Waals surface area contributed by atoms with Crippen LogP contribution in [0.4, 0.5) is 0 Å². The van der Waals surface area contributed by atoms with Crippen molar-refractivity contribution < 1.29 is 16.5 Å². The summed E-state index contributed by atoms with van der Waals surface area (Å²) in [6.45, 7) is 14.0. The van der Waals surface area contributed by atoms with Crippen LogP contribution >= 0.6 is 0 Å². The molecule has 0 amide bonds. The maximum absolute atomic E-state index is 2.38. The minimum atomic E-state index is -0.537. The Bertz CT molecular complexity index is 449. The van der Waals surface area contributed by atoms with Gasteiger partial charge in [-0.15, -0.1) is 0 Å². The maximum Gasteiger partial charge on any atom is 2.00 e. The molecule has 3 heteroatoms. The van der Waals surface area contributed by atoms with Gasteiger partial charge in [0.2, 0.25) is 0 Å². The molecule has 2 aromatic rings. The van der Waals surface area contributed by atoms with Gasteiger partial charge in [-0.2, -0.15) is 33.6 Å².